The van der Waals surface area contributed by atoms with Crippen molar-refractivity contribution >= 4 is 17.3 Å². The van der Waals surface area contributed by atoms with Crippen LogP contribution >= 0.6 is 11.6 Å². The summed E-state index contributed by atoms with van der Waals surface area (Å²) < 4.78 is 0. The van der Waals surface area contributed by atoms with Crippen molar-refractivity contribution in [3.63, 3.8) is 0 Å². The summed E-state index contributed by atoms with van der Waals surface area (Å²) in [7, 11) is 0. The number of aromatic nitrogens is 1. The molecule has 1 aromatic heterocycles. The first-order chi connectivity index (χ1) is 5.79. The van der Waals surface area contributed by atoms with Crippen LogP contribution in [-0.4, -0.2) is 11.5 Å². The van der Waals surface area contributed by atoms with Gasteiger partial charge in [-0.2, -0.15) is 0 Å². The average Bonchev–Trinajstić information content (AvgIpc) is 2.12. The van der Waals surface area contributed by atoms with Gasteiger partial charge >= 0.3 is 0 Å². The number of hydrogen-bond donors (Lipinski definition) is 1. The molecule has 0 spiro atoms. The summed E-state index contributed by atoms with van der Waals surface area (Å²) in [6.07, 6.45) is 4.04. The Bertz CT molecular complexity index is 310. The predicted molar refractivity (Wildman–Crippen MR) is 50.8 cm³/mol. The third-order valence-corrected chi connectivity index (χ3v) is 2.65. The molecule has 0 aliphatic carbocycles. The first-order valence-electron chi connectivity index (χ1n) is 4.17. The Morgan fingerprint density at radius 1 is 1.58 bits per heavy atom. The minimum atomic E-state index is 0.833. The molecular weight excluding hydrogens is 172 g/mol. The van der Waals surface area contributed by atoms with E-state index in [-0.39, 0.29) is 0 Å². The standard InChI is InChI=1S/C9H11ClN2/c1-6-5-12-7-3-2-4-11-9(7)8(6)10/h5,11H,2-4H2,1H3. The van der Waals surface area contributed by atoms with Crippen LogP contribution in [0.2, 0.25) is 5.02 Å². The molecular formula is C9H11ClN2. The molecule has 1 aromatic rings. The van der Waals surface area contributed by atoms with Crippen molar-refractivity contribution < 1.29 is 0 Å². The highest BCUT2D eigenvalue weighted by Crippen LogP contribution is 2.30. The summed E-state index contributed by atoms with van der Waals surface area (Å²) in [5, 5.41) is 4.11. The average molecular weight is 183 g/mol. The van der Waals surface area contributed by atoms with Crippen LogP contribution in [0.4, 0.5) is 5.69 Å². The maximum atomic E-state index is 6.11. The number of anilines is 1. The Labute approximate surface area is 77.0 Å². The Morgan fingerprint density at radius 2 is 2.42 bits per heavy atom. The summed E-state index contributed by atoms with van der Waals surface area (Å²) in [4.78, 5) is 4.33. The van der Waals surface area contributed by atoms with Crippen LogP contribution in [0.5, 0.6) is 0 Å². The number of nitrogens with one attached hydrogen (secondary N) is 1. The van der Waals surface area contributed by atoms with Gasteiger partial charge in [0.15, 0.2) is 0 Å². The van der Waals surface area contributed by atoms with E-state index < -0.39 is 0 Å². The Morgan fingerprint density at radius 3 is 3.25 bits per heavy atom. The lowest BCUT2D eigenvalue weighted by Gasteiger charge is -2.18. The summed E-state index contributed by atoms with van der Waals surface area (Å²) in [5.74, 6) is 0. The van der Waals surface area contributed by atoms with Crippen molar-refractivity contribution in [3.05, 3.63) is 22.5 Å². The lowest BCUT2D eigenvalue weighted by molar-refractivity contribution is 0.800. The highest BCUT2D eigenvalue weighted by molar-refractivity contribution is 6.34. The Balaban J connectivity index is 2.54. The quantitative estimate of drug-likeness (QED) is 0.667. The topological polar surface area (TPSA) is 24.9 Å². The van der Waals surface area contributed by atoms with Gasteiger partial charge in [-0.25, -0.2) is 0 Å². The number of rotatable bonds is 0. The van der Waals surface area contributed by atoms with Gasteiger partial charge in [0.05, 0.1) is 16.4 Å². The second-order valence-corrected chi connectivity index (χ2v) is 3.49. The fourth-order valence-corrected chi connectivity index (χ4v) is 1.68. The van der Waals surface area contributed by atoms with Crippen LogP contribution in [0.3, 0.4) is 0 Å². The molecule has 0 unspecified atom stereocenters. The lowest BCUT2D eigenvalue weighted by atomic mass is 10.1. The molecule has 0 aromatic carbocycles. The first kappa shape index (κ1) is 7.87. The zero-order chi connectivity index (χ0) is 8.55. The summed E-state index contributed by atoms with van der Waals surface area (Å²) >= 11 is 6.11. The minimum absolute atomic E-state index is 0.833. The number of fused-ring (bicyclic) bond motifs is 1. The summed E-state index contributed by atoms with van der Waals surface area (Å²) in [6, 6.07) is 0. The Kier molecular flexibility index (Phi) is 1.93. The molecule has 0 saturated heterocycles. The van der Waals surface area contributed by atoms with E-state index in [1.54, 1.807) is 0 Å². The van der Waals surface area contributed by atoms with Crippen LogP contribution in [0.1, 0.15) is 17.7 Å². The smallest absolute Gasteiger partial charge is 0.0751 e. The van der Waals surface area contributed by atoms with E-state index in [1.807, 2.05) is 13.1 Å². The van der Waals surface area contributed by atoms with Crippen molar-refractivity contribution in [2.75, 3.05) is 11.9 Å². The number of pyridine rings is 1. The van der Waals surface area contributed by atoms with Gasteiger partial charge in [0.25, 0.3) is 0 Å². The van der Waals surface area contributed by atoms with E-state index in [0.717, 1.165) is 41.4 Å². The normalized spacial score (nSPS) is 15.2. The number of hydrogen-bond acceptors (Lipinski definition) is 2. The molecule has 0 fully saturated rings. The van der Waals surface area contributed by atoms with Gasteiger partial charge in [-0.15, -0.1) is 0 Å². The van der Waals surface area contributed by atoms with Crippen molar-refractivity contribution in [3.8, 4) is 0 Å². The third kappa shape index (κ3) is 1.16. The molecule has 64 valence electrons. The monoisotopic (exact) mass is 182 g/mol. The van der Waals surface area contributed by atoms with Gasteiger partial charge in [-0.3, -0.25) is 4.98 Å². The maximum absolute atomic E-state index is 6.11. The van der Waals surface area contributed by atoms with Gasteiger partial charge in [0.2, 0.25) is 0 Å². The molecule has 0 bridgehead atoms. The molecule has 2 nitrogen and oxygen atoms in total. The molecule has 3 heteroatoms. The van der Waals surface area contributed by atoms with Crippen LogP contribution < -0.4 is 5.32 Å². The minimum Gasteiger partial charge on any atom is -0.382 e. The fraction of sp³-hybridized carbons (Fsp3) is 0.444. The van der Waals surface area contributed by atoms with Crippen LogP contribution in [0.15, 0.2) is 6.20 Å². The molecule has 0 radical (unpaired) electrons. The van der Waals surface area contributed by atoms with Crippen molar-refractivity contribution in [1.29, 1.82) is 0 Å². The zero-order valence-corrected chi connectivity index (χ0v) is 7.78. The number of nitrogens with zero attached hydrogens (tertiary/aromatic N) is 1. The van der Waals surface area contributed by atoms with Crippen molar-refractivity contribution in [2.24, 2.45) is 0 Å². The molecule has 2 heterocycles. The van der Waals surface area contributed by atoms with Gasteiger partial charge < -0.3 is 5.32 Å². The molecule has 0 saturated carbocycles. The maximum Gasteiger partial charge on any atom is 0.0751 e. The highest BCUT2D eigenvalue weighted by atomic mass is 35.5. The summed E-state index contributed by atoms with van der Waals surface area (Å²) in [6.45, 7) is 2.99. The number of halogens is 1. The van der Waals surface area contributed by atoms with Crippen LogP contribution in [0, 0.1) is 6.92 Å². The molecule has 0 amide bonds. The van der Waals surface area contributed by atoms with Crippen LogP contribution in [0.25, 0.3) is 0 Å². The largest absolute Gasteiger partial charge is 0.382 e. The summed E-state index contributed by atoms with van der Waals surface area (Å²) in [5.41, 5.74) is 3.20. The van der Waals surface area contributed by atoms with E-state index in [2.05, 4.69) is 10.3 Å². The van der Waals surface area contributed by atoms with E-state index in [9.17, 15) is 0 Å². The number of aryl methyl sites for hydroxylation is 2. The second-order valence-electron chi connectivity index (χ2n) is 3.11. The SMILES string of the molecule is Cc1cnc2c(c1Cl)NCCC2. The molecule has 1 N–H and O–H groups in total. The van der Waals surface area contributed by atoms with E-state index in [1.165, 1.54) is 0 Å². The van der Waals surface area contributed by atoms with Crippen molar-refractivity contribution in [1.82, 2.24) is 4.98 Å². The van der Waals surface area contributed by atoms with E-state index >= 15 is 0 Å². The van der Waals surface area contributed by atoms with E-state index in [0.29, 0.717) is 0 Å². The van der Waals surface area contributed by atoms with Crippen LogP contribution in [-0.2, 0) is 6.42 Å². The predicted octanol–water partition coefficient (Wildman–Crippen LogP) is 2.40. The Hall–Kier alpha value is -0.760. The molecule has 1 aliphatic heterocycles. The molecule has 2 rings (SSSR count). The lowest BCUT2D eigenvalue weighted by Crippen LogP contribution is -2.13. The molecule has 12 heavy (non-hydrogen) atoms. The molecule has 1 aliphatic rings. The fourth-order valence-electron chi connectivity index (χ4n) is 1.46. The third-order valence-electron chi connectivity index (χ3n) is 2.16. The first-order valence-corrected chi connectivity index (χ1v) is 4.54. The highest BCUT2D eigenvalue weighted by Gasteiger charge is 2.13. The van der Waals surface area contributed by atoms with Gasteiger partial charge in [0.1, 0.15) is 0 Å². The van der Waals surface area contributed by atoms with E-state index in [4.69, 9.17) is 11.6 Å². The van der Waals surface area contributed by atoms with Crippen molar-refractivity contribution in [2.45, 2.75) is 19.8 Å². The van der Waals surface area contributed by atoms with Gasteiger partial charge in [-0.05, 0) is 25.3 Å². The zero-order valence-electron chi connectivity index (χ0n) is 7.02. The van der Waals surface area contributed by atoms with Gasteiger partial charge in [-0.1, -0.05) is 11.6 Å². The molecule has 0 atom stereocenters. The van der Waals surface area contributed by atoms with Gasteiger partial charge in [0, 0.05) is 12.7 Å². The second kappa shape index (κ2) is 2.94.